The lowest BCUT2D eigenvalue weighted by molar-refractivity contribution is -0.135. The number of piperidine rings is 1. The number of hydrogen-bond acceptors (Lipinski definition) is 3. The van der Waals surface area contributed by atoms with Gasteiger partial charge in [0.15, 0.2) is 0 Å². The molecule has 2 heterocycles. The standard InChI is InChI=1S/C16H28N2O3/c1-13-5-3-8-18(11-13)16(20)7-9-17(14(2)19)12-15-6-4-10-21-15/h13,15H,3-12H2,1-2H3. The molecule has 0 aromatic rings. The number of carbonyl (C=O) groups excluding carboxylic acids is 2. The van der Waals surface area contributed by atoms with Crippen LogP contribution in [0.5, 0.6) is 0 Å². The van der Waals surface area contributed by atoms with Gasteiger partial charge in [0.1, 0.15) is 0 Å². The van der Waals surface area contributed by atoms with Crippen molar-refractivity contribution in [3.8, 4) is 0 Å². The molecule has 2 fully saturated rings. The molecule has 0 N–H and O–H groups in total. The molecular weight excluding hydrogens is 268 g/mol. The molecule has 2 atom stereocenters. The SMILES string of the molecule is CC(=O)N(CCC(=O)N1CCCC(C)C1)CC1CCCO1. The Balaban J connectivity index is 1.77. The molecule has 0 bridgehead atoms. The highest BCUT2D eigenvalue weighted by molar-refractivity contribution is 5.78. The molecule has 0 aromatic carbocycles. The maximum Gasteiger partial charge on any atom is 0.224 e. The summed E-state index contributed by atoms with van der Waals surface area (Å²) >= 11 is 0. The summed E-state index contributed by atoms with van der Waals surface area (Å²) in [6, 6.07) is 0. The average Bonchev–Trinajstić information content (AvgIpc) is 2.95. The Morgan fingerprint density at radius 3 is 2.71 bits per heavy atom. The number of hydrogen-bond donors (Lipinski definition) is 0. The second kappa shape index (κ2) is 7.78. The van der Waals surface area contributed by atoms with Gasteiger partial charge in [0.05, 0.1) is 6.10 Å². The van der Waals surface area contributed by atoms with Gasteiger partial charge < -0.3 is 14.5 Å². The molecule has 2 aliphatic rings. The first-order valence-electron chi connectivity index (χ1n) is 8.21. The van der Waals surface area contributed by atoms with Crippen molar-refractivity contribution in [2.24, 2.45) is 5.92 Å². The molecule has 5 heteroatoms. The van der Waals surface area contributed by atoms with Crippen molar-refractivity contribution in [1.29, 1.82) is 0 Å². The van der Waals surface area contributed by atoms with Gasteiger partial charge in [-0.25, -0.2) is 0 Å². The summed E-state index contributed by atoms with van der Waals surface area (Å²) in [4.78, 5) is 27.7. The van der Waals surface area contributed by atoms with Crippen LogP contribution < -0.4 is 0 Å². The van der Waals surface area contributed by atoms with Crippen molar-refractivity contribution in [2.45, 2.75) is 52.1 Å². The zero-order valence-electron chi connectivity index (χ0n) is 13.3. The van der Waals surface area contributed by atoms with E-state index in [2.05, 4.69) is 6.92 Å². The van der Waals surface area contributed by atoms with Gasteiger partial charge in [-0.15, -0.1) is 0 Å². The van der Waals surface area contributed by atoms with E-state index in [1.54, 1.807) is 11.8 Å². The van der Waals surface area contributed by atoms with Crippen LogP contribution in [-0.2, 0) is 14.3 Å². The van der Waals surface area contributed by atoms with Crippen LogP contribution >= 0.6 is 0 Å². The van der Waals surface area contributed by atoms with Crippen LogP contribution in [0.1, 0.15) is 46.0 Å². The first-order valence-corrected chi connectivity index (χ1v) is 8.21. The normalized spacial score (nSPS) is 25.9. The van der Waals surface area contributed by atoms with E-state index in [1.165, 1.54) is 6.42 Å². The summed E-state index contributed by atoms with van der Waals surface area (Å²) in [5.41, 5.74) is 0. The van der Waals surface area contributed by atoms with Crippen LogP contribution in [0.2, 0.25) is 0 Å². The molecule has 21 heavy (non-hydrogen) atoms. The van der Waals surface area contributed by atoms with Crippen LogP contribution in [0.4, 0.5) is 0 Å². The third kappa shape index (κ3) is 4.99. The van der Waals surface area contributed by atoms with Crippen molar-refractivity contribution in [1.82, 2.24) is 9.80 Å². The highest BCUT2D eigenvalue weighted by Gasteiger charge is 2.24. The van der Waals surface area contributed by atoms with Crippen LogP contribution in [0.15, 0.2) is 0 Å². The third-order valence-electron chi connectivity index (χ3n) is 4.50. The zero-order chi connectivity index (χ0) is 15.2. The summed E-state index contributed by atoms with van der Waals surface area (Å²) in [6.07, 6.45) is 4.97. The molecule has 2 saturated heterocycles. The lowest BCUT2D eigenvalue weighted by atomic mass is 10.00. The predicted molar refractivity (Wildman–Crippen MR) is 80.8 cm³/mol. The van der Waals surface area contributed by atoms with E-state index in [9.17, 15) is 9.59 Å². The minimum atomic E-state index is 0.0327. The van der Waals surface area contributed by atoms with Gasteiger partial charge in [0.2, 0.25) is 11.8 Å². The maximum atomic E-state index is 12.3. The largest absolute Gasteiger partial charge is 0.376 e. The Labute approximate surface area is 127 Å². The minimum absolute atomic E-state index is 0.0327. The molecule has 2 rings (SSSR count). The highest BCUT2D eigenvalue weighted by atomic mass is 16.5. The van der Waals surface area contributed by atoms with Gasteiger partial charge in [-0.3, -0.25) is 9.59 Å². The van der Waals surface area contributed by atoms with E-state index in [0.29, 0.717) is 25.4 Å². The Bertz CT molecular complexity index is 367. The van der Waals surface area contributed by atoms with E-state index in [0.717, 1.165) is 39.0 Å². The fourth-order valence-corrected chi connectivity index (χ4v) is 3.22. The van der Waals surface area contributed by atoms with Gasteiger partial charge in [-0.1, -0.05) is 6.92 Å². The second-order valence-electron chi connectivity index (χ2n) is 6.44. The Kier molecular flexibility index (Phi) is 6.03. The van der Waals surface area contributed by atoms with Crippen LogP contribution in [0.3, 0.4) is 0 Å². The molecule has 2 unspecified atom stereocenters. The summed E-state index contributed by atoms with van der Waals surface area (Å²) in [7, 11) is 0. The van der Waals surface area contributed by atoms with Gasteiger partial charge >= 0.3 is 0 Å². The lowest BCUT2D eigenvalue weighted by Crippen LogP contribution is -2.42. The topological polar surface area (TPSA) is 49.9 Å². The molecule has 2 amide bonds. The second-order valence-corrected chi connectivity index (χ2v) is 6.44. The Morgan fingerprint density at radius 2 is 2.10 bits per heavy atom. The van der Waals surface area contributed by atoms with E-state index in [4.69, 9.17) is 4.74 Å². The molecule has 0 aromatic heterocycles. The molecule has 0 spiro atoms. The van der Waals surface area contributed by atoms with Crippen molar-refractivity contribution in [2.75, 3.05) is 32.8 Å². The smallest absolute Gasteiger partial charge is 0.224 e. The third-order valence-corrected chi connectivity index (χ3v) is 4.50. The fraction of sp³-hybridized carbons (Fsp3) is 0.875. The fourth-order valence-electron chi connectivity index (χ4n) is 3.22. The monoisotopic (exact) mass is 296 g/mol. The Morgan fingerprint density at radius 1 is 1.29 bits per heavy atom. The maximum absolute atomic E-state index is 12.3. The number of likely N-dealkylation sites (tertiary alicyclic amines) is 1. The number of rotatable bonds is 5. The summed E-state index contributed by atoms with van der Waals surface area (Å²) in [5.74, 6) is 0.809. The number of nitrogens with zero attached hydrogens (tertiary/aromatic N) is 2. The number of ether oxygens (including phenoxy) is 1. The van der Waals surface area contributed by atoms with Crippen molar-refractivity contribution in [3.63, 3.8) is 0 Å². The molecule has 0 aliphatic carbocycles. The highest BCUT2D eigenvalue weighted by Crippen LogP contribution is 2.17. The molecule has 0 radical (unpaired) electrons. The lowest BCUT2D eigenvalue weighted by Gasteiger charge is -2.32. The first-order chi connectivity index (χ1) is 10.1. The van der Waals surface area contributed by atoms with E-state index in [1.807, 2.05) is 4.90 Å². The summed E-state index contributed by atoms with van der Waals surface area (Å²) in [6.45, 7) is 7.43. The van der Waals surface area contributed by atoms with Gasteiger partial charge in [-0.2, -0.15) is 0 Å². The zero-order valence-corrected chi connectivity index (χ0v) is 13.3. The van der Waals surface area contributed by atoms with E-state index < -0.39 is 0 Å². The van der Waals surface area contributed by atoms with Gasteiger partial charge in [-0.05, 0) is 31.6 Å². The van der Waals surface area contributed by atoms with Crippen LogP contribution in [0.25, 0.3) is 0 Å². The van der Waals surface area contributed by atoms with Crippen LogP contribution in [-0.4, -0.2) is 60.5 Å². The van der Waals surface area contributed by atoms with Crippen LogP contribution in [0, 0.1) is 5.92 Å². The molecule has 120 valence electrons. The predicted octanol–water partition coefficient (Wildman–Crippen LogP) is 1.66. The summed E-state index contributed by atoms with van der Waals surface area (Å²) in [5, 5.41) is 0. The first kappa shape index (κ1) is 16.3. The summed E-state index contributed by atoms with van der Waals surface area (Å²) < 4.78 is 5.58. The molecule has 0 saturated carbocycles. The average molecular weight is 296 g/mol. The number of amides is 2. The molecular formula is C16H28N2O3. The number of carbonyl (C=O) groups is 2. The van der Waals surface area contributed by atoms with Gasteiger partial charge in [0, 0.05) is 46.1 Å². The van der Waals surface area contributed by atoms with E-state index in [-0.39, 0.29) is 17.9 Å². The van der Waals surface area contributed by atoms with Gasteiger partial charge in [0.25, 0.3) is 0 Å². The molecule has 2 aliphatic heterocycles. The van der Waals surface area contributed by atoms with Crippen molar-refractivity contribution < 1.29 is 14.3 Å². The van der Waals surface area contributed by atoms with Crippen molar-refractivity contribution in [3.05, 3.63) is 0 Å². The Hall–Kier alpha value is -1.10. The van der Waals surface area contributed by atoms with Crippen molar-refractivity contribution >= 4 is 11.8 Å². The van der Waals surface area contributed by atoms with E-state index >= 15 is 0 Å². The minimum Gasteiger partial charge on any atom is -0.376 e. The quantitative estimate of drug-likeness (QED) is 0.775. The molecule has 5 nitrogen and oxygen atoms in total.